The maximum absolute atomic E-state index is 10.9. The quantitative estimate of drug-likeness (QED) is 0.369. The molecule has 96 valence electrons. The SMILES string of the molecule is O=[N+]([O-])c1cc(Br)ccc1N=COc1ccccc1. The van der Waals surface area contributed by atoms with Crippen molar-refractivity contribution in [3.8, 4) is 5.75 Å². The van der Waals surface area contributed by atoms with Crippen LogP contribution in [-0.2, 0) is 0 Å². The molecule has 0 saturated heterocycles. The van der Waals surface area contributed by atoms with Crippen molar-refractivity contribution in [2.24, 2.45) is 4.99 Å². The van der Waals surface area contributed by atoms with E-state index < -0.39 is 4.92 Å². The minimum atomic E-state index is -0.486. The molecule has 19 heavy (non-hydrogen) atoms. The van der Waals surface area contributed by atoms with Crippen molar-refractivity contribution in [1.82, 2.24) is 0 Å². The van der Waals surface area contributed by atoms with Crippen LogP contribution in [0.4, 0.5) is 11.4 Å². The van der Waals surface area contributed by atoms with Gasteiger partial charge in [0.1, 0.15) is 11.4 Å². The molecular formula is C13H9BrN2O3. The third-order valence-corrected chi connectivity index (χ3v) is 2.75. The molecule has 0 aliphatic rings. The lowest BCUT2D eigenvalue weighted by atomic mass is 10.3. The lowest BCUT2D eigenvalue weighted by Crippen LogP contribution is -1.91. The summed E-state index contributed by atoms with van der Waals surface area (Å²) >= 11 is 3.18. The van der Waals surface area contributed by atoms with Gasteiger partial charge in [0, 0.05) is 10.5 Å². The Hall–Kier alpha value is -2.21. The number of nitrogens with zero attached hydrogens (tertiary/aromatic N) is 2. The van der Waals surface area contributed by atoms with Gasteiger partial charge in [-0.3, -0.25) is 10.1 Å². The molecule has 0 fully saturated rings. The van der Waals surface area contributed by atoms with Crippen molar-refractivity contribution in [1.29, 1.82) is 0 Å². The van der Waals surface area contributed by atoms with Crippen LogP contribution in [0, 0.1) is 10.1 Å². The van der Waals surface area contributed by atoms with Gasteiger partial charge in [-0.1, -0.05) is 34.1 Å². The minimum absolute atomic E-state index is 0.0812. The van der Waals surface area contributed by atoms with Gasteiger partial charge in [-0.2, -0.15) is 0 Å². The van der Waals surface area contributed by atoms with Crippen LogP contribution in [0.1, 0.15) is 0 Å². The van der Waals surface area contributed by atoms with E-state index in [4.69, 9.17) is 4.74 Å². The van der Waals surface area contributed by atoms with Gasteiger partial charge in [-0.25, -0.2) is 4.99 Å². The first-order valence-electron chi connectivity index (χ1n) is 5.35. The highest BCUT2D eigenvalue weighted by Gasteiger charge is 2.12. The van der Waals surface area contributed by atoms with Crippen molar-refractivity contribution in [3.63, 3.8) is 0 Å². The summed E-state index contributed by atoms with van der Waals surface area (Å²) in [6.45, 7) is 0. The number of halogens is 1. The molecule has 0 aromatic heterocycles. The van der Waals surface area contributed by atoms with Gasteiger partial charge in [0.25, 0.3) is 5.69 Å². The topological polar surface area (TPSA) is 64.7 Å². The Morgan fingerprint density at radius 3 is 2.63 bits per heavy atom. The summed E-state index contributed by atoms with van der Waals surface area (Å²) in [5.41, 5.74) is 0.159. The monoisotopic (exact) mass is 320 g/mol. The maximum Gasteiger partial charge on any atom is 0.296 e. The second kappa shape index (κ2) is 6.10. The summed E-state index contributed by atoms with van der Waals surface area (Å²) in [5, 5.41) is 10.9. The lowest BCUT2D eigenvalue weighted by Gasteiger charge is -1.99. The summed E-state index contributed by atoms with van der Waals surface area (Å²) in [5.74, 6) is 0.617. The number of ether oxygens (including phenoxy) is 1. The van der Waals surface area contributed by atoms with Crippen molar-refractivity contribution in [2.75, 3.05) is 0 Å². The average molecular weight is 321 g/mol. The van der Waals surface area contributed by atoms with E-state index >= 15 is 0 Å². The smallest absolute Gasteiger partial charge is 0.296 e. The predicted octanol–water partition coefficient (Wildman–Crippen LogP) is 4.10. The summed E-state index contributed by atoms with van der Waals surface area (Å²) in [7, 11) is 0. The van der Waals surface area contributed by atoms with E-state index in [9.17, 15) is 10.1 Å². The number of rotatable bonds is 4. The molecule has 0 bridgehead atoms. The standard InChI is InChI=1S/C13H9BrN2O3/c14-10-6-7-12(13(8-10)16(17)18)15-9-19-11-4-2-1-3-5-11/h1-9H. The minimum Gasteiger partial charge on any atom is -0.446 e. The van der Waals surface area contributed by atoms with E-state index in [0.29, 0.717) is 10.2 Å². The zero-order chi connectivity index (χ0) is 13.7. The second-order valence-electron chi connectivity index (χ2n) is 3.56. The normalized spacial score (nSPS) is 10.6. The van der Waals surface area contributed by atoms with Crippen LogP contribution in [-0.4, -0.2) is 11.3 Å². The third kappa shape index (κ3) is 3.62. The van der Waals surface area contributed by atoms with Crippen LogP contribution in [0.5, 0.6) is 5.75 Å². The molecule has 5 nitrogen and oxygen atoms in total. The largest absolute Gasteiger partial charge is 0.446 e. The van der Waals surface area contributed by atoms with Crippen molar-refractivity contribution >= 4 is 33.7 Å². The van der Waals surface area contributed by atoms with Gasteiger partial charge < -0.3 is 4.74 Å². The first kappa shape index (κ1) is 13.2. The highest BCUT2D eigenvalue weighted by Crippen LogP contribution is 2.30. The van der Waals surface area contributed by atoms with E-state index in [-0.39, 0.29) is 11.4 Å². The Balaban J connectivity index is 2.17. The van der Waals surface area contributed by atoms with Gasteiger partial charge in [0.05, 0.1) is 4.92 Å². The molecule has 0 aliphatic heterocycles. The summed E-state index contributed by atoms with van der Waals surface area (Å²) < 4.78 is 5.88. The average Bonchev–Trinajstić information content (AvgIpc) is 2.41. The molecule has 2 rings (SSSR count). The van der Waals surface area contributed by atoms with Crippen molar-refractivity contribution in [2.45, 2.75) is 0 Å². The van der Waals surface area contributed by atoms with E-state index in [0.717, 1.165) is 0 Å². The number of benzene rings is 2. The Labute approximate surface area is 117 Å². The number of nitro groups is 1. The van der Waals surface area contributed by atoms with Crippen LogP contribution in [0.25, 0.3) is 0 Å². The lowest BCUT2D eigenvalue weighted by molar-refractivity contribution is -0.384. The molecule has 0 N–H and O–H groups in total. The van der Waals surface area contributed by atoms with Crippen molar-refractivity contribution in [3.05, 3.63) is 63.1 Å². The summed E-state index contributed by atoms with van der Waals surface area (Å²) in [6, 6.07) is 13.7. The van der Waals surface area contributed by atoms with E-state index in [1.54, 1.807) is 24.3 Å². The fraction of sp³-hybridized carbons (Fsp3) is 0. The molecule has 0 aliphatic carbocycles. The molecule has 0 heterocycles. The number of para-hydroxylation sites is 1. The molecule has 0 amide bonds. The van der Waals surface area contributed by atoms with E-state index in [1.807, 2.05) is 18.2 Å². The summed E-state index contributed by atoms with van der Waals surface area (Å²) in [4.78, 5) is 14.3. The molecule has 0 atom stereocenters. The Morgan fingerprint density at radius 2 is 1.95 bits per heavy atom. The molecular weight excluding hydrogens is 312 g/mol. The summed E-state index contributed by atoms with van der Waals surface area (Å²) in [6.07, 6.45) is 1.19. The zero-order valence-electron chi connectivity index (χ0n) is 9.69. The molecule has 0 spiro atoms. The first-order valence-corrected chi connectivity index (χ1v) is 6.14. The number of aliphatic imine (C=N–C) groups is 1. The molecule has 0 unspecified atom stereocenters. The Bertz CT molecular complexity index is 615. The maximum atomic E-state index is 10.9. The number of hydrogen-bond acceptors (Lipinski definition) is 4. The highest BCUT2D eigenvalue weighted by molar-refractivity contribution is 9.10. The van der Waals surface area contributed by atoms with Gasteiger partial charge in [-0.05, 0) is 24.3 Å². The number of hydrogen-bond donors (Lipinski definition) is 0. The molecule has 6 heteroatoms. The van der Waals surface area contributed by atoms with Crippen LogP contribution in [0.2, 0.25) is 0 Å². The zero-order valence-corrected chi connectivity index (χ0v) is 11.3. The fourth-order valence-electron chi connectivity index (χ4n) is 1.40. The van der Waals surface area contributed by atoms with Crippen molar-refractivity contribution < 1.29 is 9.66 Å². The molecule has 2 aromatic rings. The van der Waals surface area contributed by atoms with Crippen LogP contribution >= 0.6 is 15.9 Å². The van der Waals surface area contributed by atoms with Gasteiger partial charge in [-0.15, -0.1) is 0 Å². The Morgan fingerprint density at radius 1 is 1.21 bits per heavy atom. The number of nitro benzene ring substituents is 1. The van der Waals surface area contributed by atoms with Crippen LogP contribution in [0.3, 0.4) is 0 Å². The first-order chi connectivity index (χ1) is 9.16. The third-order valence-electron chi connectivity index (χ3n) is 2.26. The molecule has 2 aromatic carbocycles. The van der Waals surface area contributed by atoms with E-state index in [1.165, 1.54) is 12.5 Å². The van der Waals surface area contributed by atoms with Crippen LogP contribution in [0.15, 0.2) is 58.0 Å². The predicted molar refractivity (Wildman–Crippen MR) is 76.0 cm³/mol. The molecule has 0 saturated carbocycles. The van der Waals surface area contributed by atoms with Gasteiger partial charge in [0.15, 0.2) is 6.40 Å². The van der Waals surface area contributed by atoms with E-state index in [2.05, 4.69) is 20.9 Å². The van der Waals surface area contributed by atoms with Gasteiger partial charge >= 0.3 is 0 Å². The Kier molecular flexibility index (Phi) is 4.25. The van der Waals surface area contributed by atoms with Gasteiger partial charge in [0.2, 0.25) is 0 Å². The molecule has 0 radical (unpaired) electrons. The second-order valence-corrected chi connectivity index (χ2v) is 4.47. The highest BCUT2D eigenvalue weighted by atomic mass is 79.9. The fourth-order valence-corrected chi connectivity index (χ4v) is 1.74. The van der Waals surface area contributed by atoms with Crippen LogP contribution < -0.4 is 4.74 Å².